The van der Waals surface area contributed by atoms with Crippen molar-refractivity contribution in [3.05, 3.63) is 29.1 Å². The number of aromatic carboxylic acids is 1. The van der Waals surface area contributed by atoms with Gasteiger partial charge in [0.05, 0.1) is 23.3 Å². The zero-order chi connectivity index (χ0) is 17.5. The lowest BCUT2D eigenvalue weighted by Gasteiger charge is -2.33. The van der Waals surface area contributed by atoms with E-state index in [4.69, 9.17) is 9.84 Å². The van der Waals surface area contributed by atoms with Gasteiger partial charge in [0.15, 0.2) is 0 Å². The van der Waals surface area contributed by atoms with Gasteiger partial charge < -0.3 is 9.84 Å². The van der Waals surface area contributed by atoms with E-state index in [1.54, 1.807) is 11.0 Å². The number of aromatic nitrogens is 1. The van der Waals surface area contributed by atoms with E-state index in [-0.39, 0.29) is 23.6 Å². The van der Waals surface area contributed by atoms with E-state index in [2.05, 4.69) is 4.98 Å². The number of hydrogen-bond donors (Lipinski definition) is 1. The SMILES string of the molecule is CC(C)[C@H]1c2ncc(C(=O)O)cc2C(C)N1C(=O)OC(C)(C)C. The minimum atomic E-state index is -1.02. The van der Waals surface area contributed by atoms with Crippen LogP contribution in [0.2, 0.25) is 0 Å². The summed E-state index contributed by atoms with van der Waals surface area (Å²) in [5.41, 5.74) is 1.06. The predicted octanol–water partition coefficient (Wildman–Crippen LogP) is 3.79. The number of carboxylic acids is 1. The molecule has 6 nitrogen and oxygen atoms in total. The minimum absolute atomic E-state index is 0.129. The maximum absolute atomic E-state index is 12.6. The average Bonchev–Trinajstić information content (AvgIpc) is 2.69. The van der Waals surface area contributed by atoms with Gasteiger partial charge in [0.1, 0.15) is 5.60 Å². The molecule has 1 amide bonds. The molecule has 2 rings (SSSR count). The van der Waals surface area contributed by atoms with Crippen LogP contribution in [-0.2, 0) is 4.74 Å². The molecule has 1 aliphatic rings. The summed E-state index contributed by atoms with van der Waals surface area (Å²) in [5.74, 6) is -0.890. The number of hydrogen-bond acceptors (Lipinski definition) is 4. The standard InChI is InChI=1S/C17H24N2O4/c1-9(2)14-13-12(7-11(8-18-13)15(20)21)10(3)19(14)16(22)23-17(4,5)6/h7-10,14H,1-6H3,(H,20,21)/t10?,14-/m0/s1. The maximum Gasteiger partial charge on any atom is 0.411 e. The molecule has 126 valence electrons. The van der Waals surface area contributed by atoms with Crippen molar-refractivity contribution in [1.29, 1.82) is 0 Å². The first-order chi connectivity index (χ1) is 10.5. The van der Waals surface area contributed by atoms with Gasteiger partial charge in [-0.3, -0.25) is 9.88 Å². The van der Waals surface area contributed by atoms with Crippen LogP contribution in [0.5, 0.6) is 0 Å². The fraction of sp³-hybridized carbons (Fsp3) is 0.588. The first kappa shape index (κ1) is 17.2. The third-order valence-corrected chi connectivity index (χ3v) is 3.88. The summed E-state index contributed by atoms with van der Waals surface area (Å²) in [6.07, 6.45) is 0.945. The number of ether oxygens (including phenoxy) is 1. The number of carbonyl (C=O) groups is 2. The molecule has 0 saturated heterocycles. The summed E-state index contributed by atoms with van der Waals surface area (Å²) in [4.78, 5) is 29.8. The Morgan fingerprint density at radius 1 is 1.35 bits per heavy atom. The first-order valence-electron chi connectivity index (χ1n) is 7.77. The van der Waals surface area contributed by atoms with Crippen LogP contribution >= 0.6 is 0 Å². The molecule has 0 aromatic carbocycles. The predicted molar refractivity (Wildman–Crippen MR) is 85.3 cm³/mol. The molecular formula is C17H24N2O4. The summed E-state index contributed by atoms with van der Waals surface area (Å²) in [6.45, 7) is 11.4. The molecule has 6 heteroatoms. The largest absolute Gasteiger partial charge is 0.478 e. The van der Waals surface area contributed by atoms with Crippen molar-refractivity contribution >= 4 is 12.1 Å². The third-order valence-electron chi connectivity index (χ3n) is 3.88. The van der Waals surface area contributed by atoms with Crippen LogP contribution in [0.25, 0.3) is 0 Å². The van der Waals surface area contributed by atoms with Crippen LogP contribution in [0.4, 0.5) is 4.79 Å². The van der Waals surface area contributed by atoms with Crippen molar-refractivity contribution in [2.45, 2.75) is 59.2 Å². The van der Waals surface area contributed by atoms with Crippen molar-refractivity contribution < 1.29 is 19.4 Å². The molecule has 1 aromatic heterocycles. The summed E-state index contributed by atoms with van der Waals surface area (Å²) >= 11 is 0. The summed E-state index contributed by atoms with van der Waals surface area (Å²) in [7, 11) is 0. The quantitative estimate of drug-likeness (QED) is 0.896. The van der Waals surface area contributed by atoms with Crippen LogP contribution in [0.3, 0.4) is 0 Å². The van der Waals surface area contributed by atoms with Crippen molar-refractivity contribution in [3.8, 4) is 0 Å². The van der Waals surface area contributed by atoms with Gasteiger partial charge >= 0.3 is 12.1 Å². The first-order valence-corrected chi connectivity index (χ1v) is 7.77. The lowest BCUT2D eigenvalue weighted by atomic mass is 9.99. The van der Waals surface area contributed by atoms with Crippen molar-refractivity contribution in [2.24, 2.45) is 5.92 Å². The highest BCUT2D eigenvalue weighted by molar-refractivity contribution is 5.87. The number of fused-ring (bicyclic) bond motifs is 1. The summed E-state index contributed by atoms with van der Waals surface area (Å²) in [5, 5.41) is 9.16. The lowest BCUT2D eigenvalue weighted by Crippen LogP contribution is -2.38. The molecule has 2 atom stereocenters. The second kappa shape index (κ2) is 5.83. The third kappa shape index (κ3) is 3.30. The Labute approximate surface area is 136 Å². The second-order valence-corrected chi connectivity index (χ2v) is 7.26. The Morgan fingerprint density at radius 2 is 1.96 bits per heavy atom. The molecule has 0 saturated carbocycles. The van der Waals surface area contributed by atoms with Crippen molar-refractivity contribution in [1.82, 2.24) is 9.88 Å². The lowest BCUT2D eigenvalue weighted by molar-refractivity contribution is 0.00536. The van der Waals surface area contributed by atoms with Gasteiger partial charge in [-0.15, -0.1) is 0 Å². The monoisotopic (exact) mass is 320 g/mol. The van der Waals surface area contributed by atoms with Gasteiger partial charge in [-0.2, -0.15) is 0 Å². The Kier molecular flexibility index (Phi) is 4.37. The van der Waals surface area contributed by atoms with Crippen LogP contribution in [0.1, 0.15) is 75.2 Å². The number of carboxylic acid groups (broad SMARTS) is 1. The van der Waals surface area contributed by atoms with Crippen LogP contribution in [0.15, 0.2) is 12.3 Å². The topological polar surface area (TPSA) is 79.7 Å². The molecule has 1 N–H and O–H groups in total. The zero-order valence-electron chi connectivity index (χ0n) is 14.5. The maximum atomic E-state index is 12.6. The van der Waals surface area contributed by atoms with E-state index in [0.717, 1.165) is 11.3 Å². The van der Waals surface area contributed by atoms with Crippen molar-refractivity contribution in [3.63, 3.8) is 0 Å². The molecule has 2 heterocycles. The summed E-state index contributed by atoms with van der Waals surface area (Å²) < 4.78 is 5.52. The van der Waals surface area contributed by atoms with E-state index in [9.17, 15) is 9.59 Å². The molecule has 23 heavy (non-hydrogen) atoms. The normalized spacial score (nSPS) is 20.6. The average molecular weight is 320 g/mol. The van der Waals surface area contributed by atoms with Crippen LogP contribution in [0, 0.1) is 5.92 Å². The number of carbonyl (C=O) groups excluding carboxylic acids is 1. The van der Waals surface area contributed by atoms with E-state index >= 15 is 0 Å². The molecule has 0 radical (unpaired) electrons. The molecule has 0 spiro atoms. The highest BCUT2D eigenvalue weighted by Gasteiger charge is 2.43. The molecule has 1 aromatic rings. The van der Waals surface area contributed by atoms with Crippen LogP contribution in [-0.4, -0.2) is 32.7 Å². The Bertz CT molecular complexity index is 634. The Balaban J connectivity index is 2.45. The van der Waals surface area contributed by atoms with Crippen molar-refractivity contribution in [2.75, 3.05) is 0 Å². The Hall–Kier alpha value is -2.11. The van der Waals surface area contributed by atoms with E-state index in [1.165, 1.54) is 6.20 Å². The highest BCUT2D eigenvalue weighted by Crippen LogP contribution is 2.45. The van der Waals surface area contributed by atoms with E-state index < -0.39 is 17.7 Å². The summed E-state index contributed by atoms with van der Waals surface area (Å²) in [6, 6.07) is 1.10. The molecule has 1 aliphatic heterocycles. The molecular weight excluding hydrogens is 296 g/mol. The fourth-order valence-corrected chi connectivity index (χ4v) is 2.94. The smallest absolute Gasteiger partial charge is 0.411 e. The molecule has 0 fully saturated rings. The molecule has 0 bridgehead atoms. The van der Waals surface area contributed by atoms with Gasteiger partial charge in [0.2, 0.25) is 0 Å². The molecule has 1 unspecified atom stereocenters. The highest BCUT2D eigenvalue weighted by atomic mass is 16.6. The van der Waals surface area contributed by atoms with Gasteiger partial charge in [-0.1, -0.05) is 13.8 Å². The number of amides is 1. The minimum Gasteiger partial charge on any atom is -0.478 e. The van der Waals surface area contributed by atoms with E-state index in [0.29, 0.717) is 0 Å². The number of rotatable bonds is 2. The van der Waals surface area contributed by atoms with Gasteiger partial charge in [-0.25, -0.2) is 9.59 Å². The van der Waals surface area contributed by atoms with Gasteiger partial charge in [0.25, 0.3) is 0 Å². The van der Waals surface area contributed by atoms with E-state index in [1.807, 2.05) is 41.5 Å². The molecule has 0 aliphatic carbocycles. The Morgan fingerprint density at radius 3 is 2.43 bits per heavy atom. The fourth-order valence-electron chi connectivity index (χ4n) is 2.94. The second-order valence-electron chi connectivity index (χ2n) is 7.26. The number of pyridine rings is 1. The van der Waals surface area contributed by atoms with Gasteiger partial charge in [0, 0.05) is 6.20 Å². The number of nitrogens with zero attached hydrogens (tertiary/aromatic N) is 2. The van der Waals surface area contributed by atoms with Crippen LogP contribution < -0.4 is 0 Å². The zero-order valence-corrected chi connectivity index (χ0v) is 14.5. The van der Waals surface area contributed by atoms with Gasteiger partial charge in [-0.05, 0) is 45.2 Å².